The van der Waals surface area contributed by atoms with Crippen LogP contribution in [-0.2, 0) is 16.1 Å². The van der Waals surface area contributed by atoms with E-state index in [4.69, 9.17) is 9.47 Å². The molecule has 0 atom stereocenters. The molecule has 0 bridgehead atoms. The van der Waals surface area contributed by atoms with Crippen molar-refractivity contribution >= 4 is 27.7 Å². The van der Waals surface area contributed by atoms with Gasteiger partial charge < -0.3 is 9.47 Å². The van der Waals surface area contributed by atoms with Gasteiger partial charge in [-0.2, -0.15) is 0 Å². The van der Waals surface area contributed by atoms with Crippen LogP contribution in [-0.4, -0.2) is 18.9 Å². The first-order valence-corrected chi connectivity index (χ1v) is 7.95. The van der Waals surface area contributed by atoms with Gasteiger partial charge in [0.15, 0.2) is 5.78 Å². The maximum atomic E-state index is 11.9. The molecule has 0 unspecified atom stereocenters. The third kappa shape index (κ3) is 5.21. The molecule has 23 heavy (non-hydrogen) atoms. The molecule has 4 nitrogen and oxygen atoms in total. The number of rotatable bonds is 7. The highest BCUT2D eigenvalue weighted by Gasteiger charge is 2.10. The summed E-state index contributed by atoms with van der Waals surface area (Å²) in [4.78, 5) is 23.7. The zero-order chi connectivity index (χ0) is 16.7. The van der Waals surface area contributed by atoms with E-state index in [1.54, 1.807) is 37.4 Å². The SMILES string of the molecule is COc1ccc(COC(=O)CCC(=O)c2ccccc2)cc1Br. The van der Waals surface area contributed by atoms with Crippen molar-refractivity contribution < 1.29 is 19.1 Å². The Bertz CT molecular complexity index is 683. The number of hydrogen-bond donors (Lipinski definition) is 0. The topological polar surface area (TPSA) is 52.6 Å². The molecular formula is C18H17BrO4. The van der Waals surface area contributed by atoms with E-state index in [1.807, 2.05) is 18.2 Å². The van der Waals surface area contributed by atoms with Crippen LogP contribution in [0.25, 0.3) is 0 Å². The van der Waals surface area contributed by atoms with Crippen LogP contribution < -0.4 is 4.74 Å². The minimum absolute atomic E-state index is 0.0604. The second-order valence-corrected chi connectivity index (χ2v) is 5.77. The minimum Gasteiger partial charge on any atom is -0.496 e. The van der Waals surface area contributed by atoms with Gasteiger partial charge in [0.1, 0.15) is 12.4 Å². The fraction of sp³-hybridized carbons (Fsp3) is 0.222. The number of esters is 1. The number of hydrogen-bond acceptors (Lipinski definition) is 4. The van der Waals surface area contributed by atoms with E-state index >= 15 is 0 Å². The molecule has 0 saturated carbocycles. The predicted octanol–water partition coefficient (Wildman–Crippen LogP) is 4.16. The summed E-state index contributed by atoms with van der Waals surface area (Å²) in [6.45, 7) is 0.168. The van der Waals surface area contributed by atoms with Crippen molar-refractivity contribution in [2.75, 3.05) is 7.11 Å². The fourth-order valence-electron chi connectivity index (χ4n) is 2.02. The van der Waals surface area contributed by atoms with Gasteiger partial charge in [0.25, 0.3) is 0 Å². The normalized spacial score (nSPS) is 10.2. The number of carbonyl (C=O) groups excluding carboxylic acids is 2. The molecule has 120 valence electrons. The zero-order valence-corrected chi connectivity index (χ0v) is 14.3. The lowest BCUT2D eigenvalue weighted by molar-refractivity contribution is -0.144. The van der Waals surface area contributed by atoms with E-state index < -0.39 is 0 Å². The average molecular weight is 377 g/mol. The molecule has 0 aliphatic heterocycles. The predicted molar refractivity (Wildman–Crippen MR) is 90.5 cm³/mol. The molecule has 0 aromatic heterocycles. The van der Waals surface area contributed by atoms with Crippen molar-refractivity contribution in [3.05, 3.63) is 64.1 Å². The van der Waals surface area contributed by atoms with Crippen LogP contribution in [0.4, 0.5) is 0 Å². The van der Waals surface area contributed by atoms with Crippen molar-refractivity contribution in [1.29, 1.82) is 0 Å². The van der Waals surface area contributed by atoms with Crippen LogP contribution in [0.5, 0.6) is 5.75 Å². The number of carbonyl (C=O) groups is 2. The highest BCUT2D eigenvalue weighted by molar-refractivity contribution is 9.10. The van der Waals surface area contributed by atoms with Gasteiger partial charge in [-0.1, -0.05) is 36.4 Å². The lowest BCUT2D eigenvalue weighted by Crippen LogP contribution is -2.08. The van der Waals surface area contributed by atoms with E-state index in [-0.39, 0.29) is 31.2 Å². The molecule has 2 aromatic carbocycles. The maximum Gasteiger partial charge on any atom is 0.306 e. The number of ketones is 1. The van der Waals surface area contributed by atoms with Crippen molar-refractivity contribution in [3.63, 3.8) is 0 Å². The zero-order valence-electron chi connectivity index (χ0n) is 12.8. The molecule has 0 fully saturated rings. The summed E-state index contributed by atoms with van der Waals surface area (Å²) >= 11 is 3.38. The van der Waals surface area contributed by atoms with Gasteiger partial charge in [0.05, 0.1) is 18.0 Å². The van der Waals surface area contributed by atoms with Crippen LogP contribution in [0.3, 0.4) is 0 Å². The van der Waals surface area contributed by atoms with Gasteiger partial charge >= 0.3 is 5.97 Å². The number of Topliss-reactive ketones (excluding diaryl/α,β-unsaturated/α-hetero) is 1. The molecule has 0 amide bonds. The Morgan fingerprint density at radius 2 is 1.78 bits per heavy atom. The van der Waals surface area contributed by atoms with E-state index in [0.717, 1.165) is 10.0 Å². The third-order valence-electron chi connectivity index (χ3n) is 3.27. The average Bonchev–Trinajstić information content (AvgIpc) is 2.58. The second kappa shape index (κ2) is 8.48. The first kappa shape index (κ1) is 17.2. The maximum absolute atomic E-state index is 11.9. The van der Waals surface area contributed by atoms with Crippen LogP contribution in [0.15, 0.2) is 53.0 Å². The molecule has 0 N–H and O–H groups in total. The van der Waals surface area contributed by atoms with Crippen LogP contribution in [0.1, 0.15) is 28.8 Å². The molecule has 0 aliphatic rings. The van der Waals surface area contributed by atoms with Crippen LogP contribution in [0, 0.1) is 0 Å². The van der Waals surface area contributed by atoms with Gasteiger partial charge in [0, 0.05) is 12.0 Å². The lowest BCUT2D eigenvalue weighted by Gasteiger charge is -2.07. The van der Waals surface area contributed by atoms with Crippen molar-refractivity contribution in [3.8, 4) is 5.75 Å². The number of halogens is 1. The van der Waals surface area contributed by atoms with Gasteiger partial charge in [0.2, 0.25) is 0 Å². The number of ether oxygens (including phenoxy) is 2. The van der Waals surface area contributed by atoms with E-state index in [2.05, 4.69) is 15.9 Å². The Labute approximate surface area is 143 Å². The molecular weight excluding hydrogens is 360 g/mol. The Balaban J connectivity index is 1.79. The molecule has 0 radical (unpaired) electrons. The Kier molecular flexibility index (Phi) is 6.35. The number of benzene rings is 2. The summed E-state index contributed by atoms with van der Waals surface area (Å²) in [5.74, 6) is 0.268. The first-order valence-electron chi connectivity index (χ1n) is 7.16. The summed E-state index contributed by atoms with van der Waals surface area (Å²) in [5.41, 5.74) is 1.46. The molecule has 0 spiro atoms. The Hall–Kier alpha value is -2.14. The Morgan fingerprint density at radius 1 is 1.04 bits per heavy atom. The monoisotopic (exact) mass is 376 g/mol. The van der Waals surface area contributed by atoms with Crippen LogP contribution >= 0.6 is 15.9 Å². The molecule has 0 saturated heterocycles. The molecule has 0 aliphatic carbocycles. The first-order chi connectivity index (χ1) is 11.1. The fourth-order valence-corrected chi connectivity index (χ4v) is 2.61. The summed E-state index contributed by atoms with van der Waals surface area (Å²) < 4.78 is 11.1. The summed E-state index contributed by atoms with van der Waals surface area (Å²) in [7, 11) is 1.59. The quantitative estimate of drug-likeness (QED) is 0.537. The smallest absolute Gasteiger partial charge is 0.306 e. The third-order valence-corrected chi connectivity index (χ3v) is 3.89. The van der Waals surface area contributed by atoms with E-state index in [0.29, 0.717) is 11.3 Å². The Morgan fingerprint density at radius 3 is 2.43 bits per heavy atom. The minimum atomic E-state index is -0.388. The van der Waals surface area contributed by atoms with Crippen molar-refractivity contribution in [2.45, 2.75) is 19.4 Å². The van der Waals surface area contributed by atoms with E-state index in [1.165, 1.54) is 0 Å². The van der Waals surface area contributed by atoms with Gasteiger partial charge in [-0.15, -0.1) is 0 Å². The van der Waals surface area contributed by atoms with Gasteiger partial charge in [-0.05, 0) is 33.6 Å². The van der Waals surface area contributed by atoms with Crippen LogP contribution in [0.2, 0.25) is 0 Å². The highest BCUT2D eigenvalue weighted by Crippen LogP contribution is 2.25. The van der Waals surface area contributed by atoms with Gasteiger partial charge in [-0.3, -0.25) is 9.59 Å². The lowest BCUT2D eigenvalue weighted by atomic mass is 10.1. The second-order valence-electron chi connectivity index (χ2n) is 4.92. The van der Waals surface area contributed by atoms with Crippen molar-refractivity contribution in [1.82, 2.24) is 0 Å². The summed E-state index contributed by atoms with van der Waals surface area (Å²) in [6, 6.07) is 14.4. The highest BCUT2D eigenvalue weighted by atomic mass is 79.9. The van der Waals surface area contributed by atoms with Gasteiger partial charge in [-0.25, -0.2) is 0 Å². The standard InChI is InChI=1S/C18H17BrO4/c1-22-17-9-7-13(11-15(17)19)12-23-18(21)10-8-16(20)14-5-3-2-4-6-14/h2-7,9,11H,8,10,12H2,1H3. The molecule has 2 rings (SSSR count). The molecule has 2 aromatic rings. The molecule has 0 heterocycles. The summed E-state index contributed by atoms with van der Waals surface area (Å²) in [5, 5.41) is 0. The largest absolute Gasteiger partial charge is 0.496 e. The van der Waals surface area contributed by atoms with E-state index in [9.17, 15) is 9.59 Å². The van der Waals surface area contributed by atoms with Crippen molar-refractivity contribution in [2.24, 2.45) is 0 Å². The summed E-state index contributed by atoms with van der Waals surface area (Å²) in [6.07, 6.45) is 0.222. The molecule has 5 heteroatoms. The number of methoxy groups -OCH3 is 1.